The zero-order valence-electron chi connectivity index (χ0n) is 18.6. The van der Waals surface area contributed by atoms with Crippen LogP contribution in [0.1, 0.15) is 43.5 Å². The fourth-order valence-electron chi connectivity index (χ4n) is 3.63. The lowest BCUT2D eigenvalue weighted by Crippen LogP contribution is -2.10. The van der Waals surface area contributed by atoms with Crippen LogP contribution in [-0.4, -0.2) is 16.5 Å². The van der Waals surface area contributed by atoms with Crippen LogP contribution < -0.4 is 0 Å². The standard InChI is InChI=1S/C28H27N3O/c1-5-24(30)16-25(19(4)18(2)3)28(32)14-21-7-6-8-26-23(13-21)15-27(31-26)22-11-9-20(17-29)10-12-22/h5-7,9-13,15,30-31H,1-2,8,14,16H2,3-4H3/b25-19+,30-24?. The number of aromatic amines is 1. The molecular formula is C28H27N3O. The van der Waals surface area contributed by atoms with E-state index in [0.29, 0.717) is 16.8 Å². The summed E-state index contributed by atoms with van der Waals surface area (Å²) in [5, 5.41) is 17.0. The molecule has 0 spiro atoms. The number of rotatable bonds is 8. The molecule has 0 aliphatic heterocycles. The van der Waals surface area contributed by atoms with Crippen molar-refractivity contribution in [1.29, 1.82) is 10.7 Å². The van der Waals surface area contributed by atoms with E-state index < -0.39 is 0 Å². The second kappa shape index (κ2) is 9.89. The van der Waals surface area contributed by atoms with Crippen molar-refractivity contribution in [2.24, 2.45) is 0 Å². The Labute approximate surface area is 189 Å². The molecule has 0 saturated heterocycles. The van der Waals surface area contributed by atoms with Crippen molar-refractivity contribution in [1.82, 2.24) is 4.98 Å². The number of carbonyl (C=O) groups excluding carboxylic acids is 1. The van der Waals surface area contributed by atoms with Gasteiger partial charge in [0.15, 0.2) is 5.78 Å². The third-order valence-electron chi connectivity index (χ3n) is 5.66. The molecule has 160 valence electrons. The van der Waals surface area contributed by atoms with Gasteiger partial charge in [0.2, 0.25) is 0 Å². The molecule has 0 atom stereocenters. The van der Waals surface area contributed by atoms with Crippen molar-refractivity contribution in [3.8, 4) is 17.3 Å². The average molecular weight is 422 g/mol. The molecule has 32 heavy (non-hydrogen) atoms. The van der Waals surface area contributed by atoms with Gasteiger partial charge in [-0.05, 0) is 66.5 Å². The molecule has 3 rings (SSSR count). The lowest BCUT2D eigenvalue weighted by Gasteiger charge is -2.12. The number of allylic oxidation sites excluding steroid dienone is 7. The van der Waals surface area contributed by atoms with Crippen molar-refractivity contribution in [3.05, 3.63) is 101 Å². The monoisotopic (exact) mass is 421 g/mol. The average Bonchev–Trinajstić information content (AvgIpc) is 3.09. The quantitative estimate of drug-likeness (QED) is 0.290. The Bertz CT molecular complexity index is 1220. The second-order valence-corrected chi connectivity index (χ2v) is 8.02. The number of benzene rings is 1. The van der Waals surface area contributed by atoms with Gasteiger partial charge in [0.1, 0.15) is 0 Å². The minimum absolute atomic E-state index is 0.000647. The van der Waals surface area contributed by atoms with Crippen LogP contribution in [0.25, 0.3) is 17.3 Å². The molecule has 2 N–H and O–H groups in total. The molecule has 0 saturated carbocycles. The number of fused-ring (bicyclic) bond motifs is 1. The summed E-state index contributed by atoms with van der Waals surface area (Å²) in [4.78, 5) is 16.6. The first-order chi connectivity index (χ1) is 15.3. The summed E-state index contributed by atoms with van der Waals surface area (Å²) < 4.78 is 0. The molecule has 0 radical (unpaired) electrons. The van der Waals surface area contributed by atoms with Gasteiger partial charge >= 0.3 is 0 Å². The lowest BCUT2D eigenvalue weighted by molar-refractivity contribution is -0.115. The predicted octanol–water partition coefficient (Wildman–Crippen LogP) is 6.50. The van der Waals surface area contributed by atoms with Crippen molar-refractivity contribution in [3.63, 3.8) is 0 Å². The van der Waals surface area contributed by atoms with E-state index >= 15 is 0 Å². The first kappa shape index (κ1) is 22.7. The van der Waals surface area contributed by atoms with Crippen LogP contribution in [0, 0.1) is 16.7 Å². The predicted molar refractivity (Wildman–Crippen MR) is 131 cm³/mol. The highest BCUT2D eigenvalue weighted by Gasteiger charge is 2.17. The van der Waals surface area contributed by atoms with Crippen LogP contribution in [0.5, 0.6) is 0 Å². The maximum absolute atomic E-state index is 13.2. The van der Waals surface area contributed by atoms with Gasteiger partial charge in [-0.25, -0.2) is 0 Å². The van der Waals surface area contributed by atoms with Crippen LogP contribution in [0.15, 0.2) is 84.0 Å². The van der Waals surface area contributed by atoms with Gasteiger partial charge < -0.3 is 10.4 Å². The molecule has 4 heteroatoms. The van der Waals surface area contributed by atoms with Crippen LogP contribution in [0.2, 0.25) is 0 Å². The van der Waals surface area contributed by atoms with Crippen LogP contribution in [0.3, 0.4) is 0 Å². The van der Waals surface area contributed by atoms with E-state index in [1.54, 1.807) is 12.1 Å². The Morgan fingerprint density at radius 3 is 2.62 bits per heavy atom. The van der Waals surface area contributed by atoms with Gasteiger partial charge in [0.05, 0.1) is 11.6 Å². The summed E-state index contributed by atoms with van der Waals surface area (Å²) in [5.74, 6) is -0.000647. The van der Waals surface area contributed by atoms with E-state index in [4.69, 9.17) is 10.7 Å². The highest BCUT2D eigenvalue weighted by atomic mass is 16.1. The maximum atomic E-state index is 13.2. The highest BCUT2D eigenvalue weighted by molar-refractivity contribution is 6.06. The molecule has 4 nitrogen and oxygen atoms in total. The van der Waals surface area contributed by atoms with Gasteiger partial charge in [-0.2, -0.15) is 5.26 Å². The van der Waals surface area contributed by atoms with Gasteiger partial charge in [-0.3, -0.25) is 4.79 Å². The fourth-order valence-corrected chi connectivity index (χ4v) is 3.63. The van der Waals surface area contributed by atoms with Gasteiger partial charge in [0, 0.05) is 41.9 Å². The highest BCUT2D eigenvalue weighted by Crippen LogP contribution is 2.28. The number of hydrogen-bond acceptors (Lipinski definition) is 3. The minimum atomic E-state index is -0.000647. The fraction of sp³-hybridized carbons (Fsp3) is 0.179. The van der Waals surface area contributed by atoms with Gasteiger partial charge in [0.25, 0.3) is 0 Å². The number of Topliss-reactive ketones (excluding diaryl/α,β-unsaturated/α-hetero) is 1. The molecule has 2 aromatic rings. The van der Waals surface area contributed by atoms with E-state index in [2.05, 4.69) is 36.4 Å². The number of nitriles is 1. The summed E-state index contributed by atoms with van der Waals surface area (Å²) in [5.41, 5.74) is 8.30. The van der Waals surface area contributed by atoms with Crippen molar-refractivity contribution < 1.29 is 4.79 Å². The first-order valence-electron chi connectivity index (χ1n) is 10.5. The summed E-state index contributed by atoms with van der Waals surface area (Å²) in [6.07, 6.45) is 8.85. The van der Waals surface area contributed by atoms with E-state index in [-0.39, 0.29) is 18.6 Å². The molecule has 1 aliphatic carbocycles. The largest absolute Gasteiger partial charge is 0.358 e. The number of aromatic nitrogens is 1. The van der Waals surface area contributed by atoms with Gasteiger partial charge in [-0.15, -0.1) is 0 Å². The summed E-state index contributed by atoms with van der Waals surface area (Å²) >= 11 is 0. The molecular weight excluding hydrogens is 394 g/mol. The molecule has 0 amide bonds. The Hall–Kier alpha value is -3.97. The number of carbonyl (C=O) groups is 1. The van der Waals surface area contributed by atoms with E-state index in [1.807, 2.05) is 38.1 Å². The lowest BCUT2D eigenvalue weighted by atomic mass is 9.92. The number of nitrogens with one attached hydrogen (secondary N) is 2. The van der Waals surface area contributed by atoms with E-state index in [9.17, 15) is 4.79 Å². The third-order valence-corrected chi connectivity index (χ3v) is 5.66. The van der Waals surface area contributed by atoms with Crippen LogP contribution in [-0.2, 0) is 11.2 Å². The van der Waals surface area contributed by atoms with E-state index in [0.717, 1.165) is 45.7 Å². The molecule has 1 aliphatic rings. The smallest absolute Gasteiger partial charge is 0.163 e. The molecule has 0 bridgehead atoms. The second-order valence-electron chi connectivity index (χ2n) is 8.02. The molecule has 1 aromatic heterocycles. The Kier molecular flexibility index (Phi) is 7.02. The van der Waals surface area contributed by atoms with E-state index in [1.165, 1.54) is 6.08 Å². The molecule has 0 unspecified atom stereocenters. The number of ketones is 1. The molecule has 0 fully saturated rings. The summed E-state index contributed by atoms with van der Waals surface area (Å²) in [6.45, 7) is 11.4. The number of hydrogen-bond donors (Lipinski definition) is 2. The SMILES string of the molecule is C=CC(=N)C/C(C(=O)CC1=Cc2cc(-c3ccc(C#N)cc3)[nH]c2CC=C1)=C(/C)C(=C)C. The normalized spacial score (nSPS) is 13.2. The zero-order chi connectivity index (χ0) is 23.3. The zero-order valence-corrected chi connectivity index (χ0v) is 18.6. The Morgan fingerprint density at radius 1 is 1.28 bits per heavy atom. The Balaban J connectivity index is 1.88. The number of H-pyrrole nitrogens is 1. The number of nitrogens with zero attached hydrogens (tertiary/aromatic N) is 1. The van der Waals surface area contributed by atoms with Crippen molar-refractivity contribution >= 4 is 17.6 Å². The molecule has 1 heterocycles. The topological polar surface area (TPSA) is 80.5 Å². The van der Waals surface area contributed by atoms with Gasteiger partial charge in [-0.1, -0.05) is 43.0 Å². The van der Waals surface area contributed by atoms with Crippen molar-refractivity contribution in [2.75, 3.05) is 0 Å². The molecule has 1 aromatic carbocycles. The maximum Gasteiger partial charge on any atom is 0.163 e. The van der Waals surface area contributed by atoms with Crippen LogP contribution >= 0.6 is 0 Å². The van der Waals surface area contributed by atoms with Crippen molar-refractivity contribution in [2.45, 2.75) is 33.1 Å². The first-order valence-corrected chi connectivity index (χ1v) is 10.5. The summed E-state index contributed by atoms with van der Waals surface area (Å²) in [6, 6.07) is 11.7. The third kappa shape index (κ3) is 5.19. The van der Waals surface area contributed by atoms with Crippen LogP contribution in [0.4, 0.5) is 0 Å². The Morgan fingerprint density at radius 2 is 2.00 bits per heavy atom. The summed E-state index contributed by atoms with van der Waals surface area (Å²) in [7, 11) is 0. The minimum Gasteiger partial charge on any atom is -0.358 e.